The zero-order chi connectivity index (χ0) is 19.1. The number of benzene rings is 4. The lowest BCUT2D eigenvalue weighted by Gasteiger charge is -2.06. The quantitative estimate of drug-likeness (QED) is 0.318. The Bertz CT molecular complexity index is 1090. The molecule has 0 aliphatic heterocycles. The minimum atomic E-state index is 1.06. The maximum atomic E-state index is 3.40. The molecule has 0 aromatic heterocycles. The Morgan fingerprint density at radius 3 is 2.07 bits per heavy atom. The van der Waals surface area contributed by atoms with Crippen LogP contribution in [0.1, 0.15) is 30.5 Å². The van der Waals surface area contributed by atoms with Gasteiger partial charge in [0.25, 0.3) is 0 Å². The Labute approximate surface area is 162 Å². The van der Waals surface area contributed by atoms with Crippen molar-refractivity contribution in [1.29, 1.82) is 0 Å². The van der Waals surface area contributed by atoms with E-state index in [9.17, 15) is 0 Å². The van der Waals surface area contributed by atoms with Crippen molar-refractivity contribution in [2.75, 3.05) is 0 Å². The maximum absolute atomic E-state index is 3.40. The van der Waals surface area contributed by atoms with E-state index < -0.39 is 0 Å². The van der Waals surface area contributed by atoms with E-state index in [4.69, 9.17) is 0 Å². The molecule has 132 valence electrons. The zero-order valence-electron chi connectivity index (χ0n) is 16.2. The van der Waals surface area contributed by atoms with Crippen molar-refractivity contribution in [3.63, 3.8) is 0 Å². The largest absolute Gasteiger partial charge is 0.0683 e. The van der Waals surface area contributed by atoms with Crippen molar-refractivity contribution in [1.82, 2.24) is 0 Å². The molecule has 4 aromatic rings. The number of fused-ring (bicyclic) bond motifs is 1. The molecule has 0 amide bonds. The molecule has 0 unspecified atom stereocenters. The van der Waals surface area contributed by atoms with Crippen LogP contribution in [0, 0.1) is 18.8 Å². The molecule has 0 fully saturated rings. The van der Waals surface area contributed by atoms with Gasteiger partial charge >= 0.3 is 0 Å². The van der Waals surface area contributed by atoms with Crippen LogP contribution in [0.2, 0.25) is 0 Å². The SMILES string of the molecule is CC.Cc1ccc(C#Cc2cccc3ccccc23)c(-c2ccccc2)c1. The standard InChI is InChI=1S/C25H18.C2H6/c1-19-14-15-23(25(18-19)21-8-3-2-4-9-21)17-16-22-12-7-11-20-10-5-6-13-24(20)22;1-2/h2-15,18H,1H3;1-2H3. The van der Waals surface area contributed by atoms with Gasteiger partial charge in [0.05, 0.1) is 0 Å². The summed E-state index contributed by atoms with van der Waals surface area (Å²) in [4.78, 5) is 0. The van der Waals surface area contributed by atoms with E-state index >= 15 is 0 Å². The van der Waals surface area contributed by atoms with Gasteiger partial charge in [0.1, 0.15) is 0 Å². The molecule has 0 saturated heterocycles. The zero-order valence-corrected chi connectivity index (χ0v) is 16.2. The normalized spacial score (nSPS) is 9.74. The minimum absolute atomic E-state index is 1.06. The molecule has 0 heteroatoms. The molecule has 0 bridgehead atoms. The van der Waals surface area contributed by atoms with Crippen LogP contribution in [-0.2, 0) is 0 Å². The van der Waals surface area contributed by atoms with Crippen LogP contribution in [0.5, 0.6) is 0 Å². The number of aryl methyl sites for hydroxylation is 1. The summed E-state index contributed by atoms with van der Waals surface area (Å²) in [6.45, 7) is 6.12. The average Bonchev–Trinajstić information content (AvgIpc) is 2.75. The van der Waals surface area contributed by atoms with E-state index in [0.717, 1.165) is 11.1 Å². The second kappa shape index (κ2) is 8.88. The molecular weight excluding hydrogens is 324 g/mol. The Morgan fingerprint density at radius 2 is 1.26 bits per heavy atom. The van der Waals surface area contributed by atoms with E-state index in [1.54, 1.807) is 0 Å². The van der Waals surface area contributed by atoms with Gasteiger partial charge in [-0.05, 0) is 41.0 Å². The fourth-order valence-electron chi connectivity index (χ4n) is 3.09. The second-order valence-corrected chi connectivity index (χ2v) is 6.19. The van der Waals surface area contributed by atoms with Crippen molar-refractivity contribution in [2.45, 2.75) is 20.8 Å². The van der Waals surface area contributed by atoms with E-state index in [0.29, 0.717) is 0 Å². The molecule has 4 aromatic carbocycles. The van der Waals surface area contributed by atoms with Gasteiger partial charge in [0.2, 0.25) is 0 Å². The summed E-state index contributed by atoms with van der Waals surface area (Å²) < 4.78 is 0. The Morgan fingerprint density at radius 1 is 0.593 bits per heavy atom. The van der Waals surface area contributed by atoms with Crippen LogP contribution in [0.4, 0.5) is 0 Å². The molecular formula is C27H24. The van der Waals surface area contributed by atoms with Crippen LogP contribution in [0.3, 0.4) is 0 Å². The third kappa shape index (κ3) is 4.27. The lowest BCUT2D eigenvalue weighted by Crippen LogP contribution is -1.86. The summed E-state index contributed by atoms with van der Waals surface area (Å²) in [6, 6.07) is 31.6. The Hall–Kier alpha value is -3.30. The summed E-state index contributed by atoms with van der Waals surface area (Å²) in [7, 11) is 0. The van der Waals surface area contributed by atoms with E-state index in [1.807, 2.05) is 19.9 Å². The summed E-state index contributed by atoms with van der Waals surface area (Å²) in [5, 5.41) is 2.42. The molecule has 0 N–H and O–H groups in total. The molecule has 0 aliphatic rings. The summed E-state index contributed by atoms with van der Waals surface area (Å²) in [6.07, 6.45) is 0. The summed E-state index contributed by atoms with van der Waals surface area (Å²) in [5.74, 6) is 6.78. The molecule has 0 atom stereocenters. The number of hydrogen-bond donors (Lipinski definition) is 0. The summed E-state index contributed by atoms with van der Waals surface area (Å²) >= 11 is 0. The highest BCUT2D eigenvalue weighted by molar-refractivity contribution is 5.88. The van der Waals surface area contributed by atoms with Gasteiger partial charge in [-0.25, -0.2) is 0 Å². The molecule has 0 radical (unpaired) electrons. The van der Waals surface area contributed by atoms with Gasteiger partial charge in [0.15, 0.2) is 0 Å². The fraction of sp³-hybridized carbons (Fsp3) is 0.111. The first kappa shape index (κ1) is 18.5. The fourth-order valence-corrected chi connectivity index (χ4v) is 3.09. The van der Waals surface area contributed by atoms with E-state index in [2.05, 4.69) is 104 Å². The van der Waals surface area contributed by atoms with Crippen molar-refractivity contribution in [3.05, 3.63) is 108 Å². The Balaban J connectivity index is 0.00000102. The first-order chi connectivity index (χ1) is 13.3. The van der Waals surface area contributed by atoms with Crippen molar-refractivity contribution < 1.29 is 0 Å². The molecule has 0 aliphatic carbocycles. The highest BCUT2D eigenvalue weighted by atomic mass is 14.1. The number of rotatable bonds is 1. The first-order valence-electron chi connectivity index (χ1n) is 9.47. The molecule has 0 saturated carbocycles. The predicted molar refractivity (Wildman–Crippen MR) is 118 cm³/mol. The molecule has 0 heterocycles. The monoisotopic (exact) mass is 348 g/mol. The van der Waals surface area contributed by atoms with Gasteiger partial charge in [-0.3, -0.25) is 0 Å². The van der Waals surface area contributed by atoms with Gasteiger partial charge in [-0.2, -0.15) is 0 Å². The lowest BCUT2D eigenvalue weighted by atomic mass is 9.97. The van der Waals surface area contributed by atoms with Gasteiger partial charge in [-0.1, -0.05) is 110 Å². The third-order valence-corrected chi connectivity index (χ3v) is 4.38. The summed E-state index contributed by atoms with van der Waals surface area (Å²) in [5.41, 5.74) is 5.76. The highest BCUT2D eigenvalue weighted by Crippen LogP contribution is 2.25. The number of hydrogen-bond acceptors (Lipinski definition) is 0. The topological polar surface area (TPSA) is 0 Å². The molecule has 0 nitrogen and oxygen atoms in total. The first-order valence-corrected chi connectivity index (χ1v) is 9.47. The van der Waals surface area contributed by atoms with E-state index in [1.165, 1.54) is 27.5 Å². The smallest absolute Gasteiger partial charge is 0.0327 e. The minimum Gasteiger partial charge on any atom is -0.0683 e. The van der Waals surface area contributed by atoms with Crippen LogP contribution in [-0.4, -0.2) is 0 Å². The average molecular weight is 348 g/mol. The molecule has 0 spiro atoms. The van der Waals surface area contributed by atoms with Crippen LogP contribution < -0.4 is 0 Å². The van der Waals surface area contributed by atoms with Gasteiger partial charge in [-0.15, -0.1) is 0 Å². The predicted octanol–water partition coefficient (Wildman–Crippen LogP) is 7.24. The van der Waals surface area contributed by atoms with Gasteiger partial charge < -0.3 is 0 Å². The van der Waals surface area contributed by atoms with Crippen LogP contribution in [0.25, 0.3) is 21.9 Å². The van der Waals surface area contributed by atoms with E-state index in [-0.39, 0.29) is 0 Å². The molecule has 27 heavy (non-hydrogen) atoms. The highest BCUT2D eigenvalue weighted by Gasteiger charge is 2.04. The van der Waals surface area contributed by atoms with Crippen molar-refractivity contribution in [2.24, 2.45) is 0 Å². The van der Waals surface area contributed by atoms with Crippen molar-refractivity contribution >= 4 is 10.8 Å². The lowest BCUT2D eigenvalue weighted by molar-refractivity contribution is 1.45. The maximum Gasteiger partial charge on any atom is 0.0327 e. The van der Waals surface area contributed by atoms with Crippen LogP contribution in [0.15, 0.2) is 91.0 Å². The third-order valence-electron chi connectivity index (χ3n) is 4.38. The Kier molecular flexibility index (Phi) is 6.08. The van der Waals surface area contributed by atoms with Crippen LogP contribution >= 0.6 is 0 Å². The van der Waals surface area contributed by atoms with Crippen molar-refractivity contribution in [3.8, 4) is 23.0 Å². The second-order valence-electron chi connectivity index (χ2n) is 6.19. The van der Waals surface area contributed by atoms with Gasteiger partial charge in [0, 0.05) is 11.1 Å². The molecule has 4 rings (SSSR count).